The first-order valence-corrected chi connectivity index (χ1v) is 9.80. The van der Waals surface area contributed by atoms with Crippen molar-refractivity contribution in [3.63, 3.8) is 0 Å². The summed E-state index contributed by atoms with van der Waals surface area (Å²) in [6.07, 6.45) is 7.04. The number of rotatable bonds is 1. The Bertz CT molecular complexity index is 982. The molecule has 2 aliphatic rings. The summed E-state index contributed by atoms with van der Waals surface area (Å²) in [6, 6.07) is 15.9. The van der Waals surface area contributed by atoms with Crippen LogP contribution in [0.5, 0.6) is 0 Å². The summed E-state index contributed by atoms with van der Waals surface area (Å²) in [4.78, 5) is 2.40. The molecule has 1 aromatic heterocycles. The number of furan rings is 1. The quantitative estimate of drug-likeness (QED) is 0.512. The summed E-state index contributed by atoms with van der Waals surface area (Å²) in [6.45, 7) is 4.24. The van der Waals surface area contributed by atoms with E-state index in [2.05, 4.69) is 61.2 Å². The van der Waals surface area contributed by atoms with E-state index in [9.17, 15) is 0 Å². The highest BCUT2D eigenvalue weighted by Gasteiger charge is 2.28. The third kappa shape index (κ3) is 2.47. The Morgan fingerprint density at radius 2 is 1.62 bits per heavy atom. The van der Waals surface area contributed by atoms with Crippen LogP contribution in [0, 0.1) is 13.8 Å². The van der Waals surface area contributed by atoms with Crippen LogP contribution in [0.2, 0.25) is 0 Å². The van der Waals surface area contributed by atoms with Gasteiger partial charge < -0.3 is 4.42 Å². The fourth-order valence-corrected chi connectivity index (χ4v) is 4.64. The van der Waals surface area contributed by atoms with Crippen molar-refractivity contribution < 1.29 is 4.42 Å². The standard InChI is InChI=1S/C24H25NO/c1-16-10-13-22-19(14-16)11-12-20-15-17(2)26-24(20)25(22)23-9-5-7-18-6-3-4-8-21(18)23/h5,7,9-10,13-15H,3-4,6,8,11-12H2,1-2H3. The lowest BCUT2D eigenvalue weighted by Crippen LogP contribution is -2.15. The zero-order chi connectivity index (χ0) is 17.7. The molecule has 0 saturated heterocycles. The summed E-state index contributed by atoms with van der Waals surface area (Å²) in [5.41, 5.74) is 9.68. The molecule has 3 aromatic rings. The third-order valence-electron chi connectivity index (χ3n) is 5.86. The van der Waals surface area contributed by atoms with Crippen LogP contribution in [0.3, 0.4) is 0 Å². The number of hydrogen-bond donors (Lipinski definition) is 0. The lowest BCUT2D eigenvalue weighted by molar-refractivity contribution is 0.539. The molecule has 5 rings (SSSR count). The van der Waals surface area contributed by atoms with E-state index in [1.165, 1.54) is 58.5 Å². The van der Waals surface area contributed by atoms with Gasteiger partial charge >= 0.3 is 0 Å². The molecule has 0 radical (unpaired) electrons. The lowest BCUT2D eigenvalue weighted by Gasteiger charge is -2.29. The molecule has 1 aliphatic carbocycles. The monoisotopic (exact) mass is 343 g/mol. The molecule has 1 aliphatic heterocycles. The van der Waals surface area contributed by atoms with Crippen LogP contribution in [-0.2, 0) is 25.7 Å². The predicted octanol–water partition coefficient (Wildman–Crippen LogP) is 6.34. The fraction of sp³-hybridized carbons (Fsp3) is 0.333. The SMILES string of the molecule is Cc1ccc2c(c1)CCc1cc(C)oc1N2c1cccc2c1CCCC2. The molecule has 2 aromatic carbocycles. The van der Waals surface area contributed by atoms with Gasteiger partial charge in [-0.2, -0.15) is 0 Å². The number of anilines is 3. The zero-order valence-electron chi connectivity index (χ0n) is 15.6. The van der Waals surface area contributed by atoms with Crippen LogP contribution in [-0.4, -0.2) is 0 Å². The van der Waals surface area contributed by atoms with Gasteiger partial charge in [-0.1, -0.05) is 29.8 Å². The Hall–Kier alpha value is -2.48. The fourth-order valence-electron chi connectivity index (χ4n) is 4.64. The number of nitrogens with zero attached hydrogens (tertiary/aromatic N) is 1. The average Bonchev–Trinajstić information content (AvgIpc) is 2.95. The number of aryl methyl sites for hydroxylation is 5. The molecular formula is C24H25NO. The highest BCUT2D eigenvalue weighted by atomic mass is 16.4. The molecule has 0 spiro atoms. The highest BCUT2D eigenvalue weighted by molar-refractivity contribution is 5.81. The Kier molecular flexibility index (Phi) is 3.66. The first kappa shape index (κ1) is 15.7. The summed E-state index contributed by atoms with van der Waals surface area (Å²) in [5, 5.41) is 0. The molecule has 0 N–H and O–H groups in total. The average molecular weight is 343 g/mol. The van der Waals surface area contributed by atoms with Crippen molar-refractivity contribution in [3.8, 4) is 0 Å². The van der Waals surface area contributed by atoms with Crippen molar-refractivity contribution in [2.24, 2.45) is 0 Å². The van der Waals surface area contributed by atoms with Gasteiger partial charge in [-0.05, 0) is 87.3 Å². The molecule has 2 nitrogen and oxygen atoms in total. The Balaban J connectivity index is 1.78. The molecule has 26 heavy (non-hydrogen) atoms. The number of hydrogen-bond acceptors (Lipinski definition) is 2. The van der Waals surface area contributed by atoms with E-state index in [1.54, 1.807) is 0 Å². The number of benzene rings is 2. The van der Waals surface area contributed by atoms with Crippen molar-refractivity contribution in [1.82, 2.24) is 0 Å². The van der Waals surface area contributed by atoms with Crippen LogP contribution < -0.4 is 4.90 Å². The summed E-state index contributed by atoms with van der Waals surface area (Å²) in [7, 11) is 0. The number of fused-ring (bicyclic) bond motifs is 3. The second-order valence-electron chi connectivity index (χ2n) is 7.78. The van der Waals surface area contributed by atoms with Gasteiger partial charge in [-0.15, -0.1) is 0 Å². The second-order valence-corrected chi connectivity index (χ2v) is 7.78. The Morgan fingerprint density at radius 1 is 0.769 bits per heavy atom. The molecule has 2 heterocycles. The minimum Gasteiger partial charge on any atom is -0.445 e. The second kappa shape index (κ2) is 6.05. The van der Waals surface area contributed by atoms with Gasteiger partial charge in [0.2, 0.25) is 5.88 Å². The van der Waals surface area contributed by atoms with Crippen molar-refractivity contribution in [2.75, 3.05) is 4.90 Å². The van der Waals surface area contributed by atoms with Gasteiger partial charge in [0.1, 0.15) is 5.76 Å². The van der Waals surface area contributed by atoms with Gasteiger partial charge in [-0.25, -0.2) is 0 Å². The van der Waals surface area contributed by atoms with Gasteiger partial charge in [0.05, 0.1) is 11.4 Å². The van der Waals surface area contributed by atoms with E-state index < -0.39 is 0 Å². The van der Waals surface area contributed by atoms with Crippen LogP contribution in [0.4, 0.5) is 17.3 Å². The molecule has 2 heteroatoms. The van der Waals surface area contributed by atoms with E-state index in [0.717, 1.165) is 30.9 Å². The van der Waals surface area contributed by atoms with Gasteiger partial charge in [0.25, 0.3) is 0 Å². The topological polar surface area (TPSA) is 16.4 Å². The summed E-state index contributed by atoms with van der Waals surface area (Å²) in [5.74, 6) is 2.02. The van der Waals surface area contributed by atoms with Crippen LogP contribution >= 0.6 is 0 Å². The zero-order valence-corrected chi connectivity index (χ0v) is 15.6. The third-order valence-corrected chi connectivity index (χ3v) is 5.86. The van der Waals surface area contributed by atoms with Crippen LogP contribution in [0.25, 0.3) is 0 Å². The maximum absolute atomic E-state index is 6.26. The van der Waals surface area contributed by atoms with Crippen molar-refractivity contribution in [3.05, 3.63) is 76.0 Å². The summed E-state index contributed by atoms with van der Waals surface area (Å²) >= 11 is 0. The Labute approximate surface area is 155 Å². The normalized spacial score (nSPS) is 15.8. The summed E-state index contributed by atoms with van der Waals surface area (Å²) < 4.78 is 6.26. The molecule has 0 saturated carbocycles. The molecule has 132 valence electrons. The van der Waals surface area contributed by atoms with E-state index in [-0.39, 0.29) is 0 Å². The van der Waals surface area contributed by atoms with Gasteiger partial charge in [0.15, 0.2) is 0 Å². The maximum Gasteiger partial charge on any atom is 0.207 e. The van der Waals surface area contributed by atoms with Gasteiger partial charge in [0, 0.05) is 5.56 Å². The minimum atomic E-state index is 1.00. The lowest BCUT2D eigenvalue weighted by atomic mass is 9.90. The van der Waals surface area contributed by atoms with Gasteiger partial charge in [-0.3, -0.25) is 4.90 Å². The van der Waals surface area contributed by atoms with E-state index in [4.69, 9.17) is 4.42 Å². The Morgan fingerprint density at radius 3 is 2.54 bits per heavy atom. The maximum atomic E-state index is 6.26. The highest BCUT2D eigenvalue weighted by Crippen LogP contribution is 2.45. The van der Waals surface area contributed by atoms with Crippen molar-refractivity contribution in [2.45, 2.75) is 52.4 Å². The first-order valence-electron chi connectivity index (χ1n) is 9.80. The molecule has 0 unspecified atom stereocenters. The molecule has 0 amide bonds. The first-order chi connectivity index (χ1) is 12.7. The van der Waals surface area contributed by atoms with Crippen LogP contribution in [0.1, 0.15) is 46.4 Å². The van der Waals surface area contributed by atoms with Crippen LogP contribution in [0.15, 0.2) is 46.9 Å². The van der Waals surface area contributed by atoms with E-state index in [0.29, 0.717) is 0 Å². The van der Waals surface area contributed by atoms with E-state index >= 15 is 0 Å². The van der Waals surface area contributed by atoms with Crippen molar-refractivity contribution >= 4 is 17.3 Å². The minimum absolute atomic E-state index is 1.00. The molecule has 0 fully saturated rings. The van der Waals surface area contributed by atoms with Crippen molar-refractivity contribution in [1.29, 1.82) is 0 Å². The molecule has 0 bridgehead atoms. The predicted molar refractivity (Wildman–Crippen MR) is 107 cm³/mol. The largest absolute Gasteiger partial charge is 0.445 e. The molecular weight excluding hydrogens is 318 g/mol. The molecule has 0 atom stereocenters. The van der Waals surface area contributed by atoms with E-state index in [1.807, 2.05) is 0 Å². The smallest absolute Gasteiger partial charge is 0.207 e.